The summed E-state index contributed by atoms with van der Waals surface area (Å²) < 4.78 is 0. The van der Waals surface area contributed by atoms with E-state index in [1.54, 1.807) is 36.4 Å². The van der Waals surface area contributed by atoms with E-state index in [1.165, 1.54) is 34.1 Å². The van der Waals surface area contributed by atoms with Crippen molar-refractivity contribution in [2.24, 2.45) is 0 Å². The quantitative estimate of drug-likeness (QED) is 0.0534. The Morgan fingerprint density at radius 2 is 0.868 bits per heavy atom. The number of imide groups is 2. The predicted octanol–water partition coefficient (Wildman–Crippen LogP) is 5.58. The van der Waals surface area contributed by atoms with E-state index in [0.717, 1.165) is 10.8 Å². The van der Waals surface area contributed by atoms with E-state index in [0.29, 0.717) is 64.9 Å². The van der Waals surface area contributed by atoms with Crippen molar-refractivity contribution < 1.29 is 29.0 Å². The molecule has 53 heavy (non-hydrogen) atoms. The van der Waals surface area contributed by atoms with Gasteiger partial charge in [0, 0.05) is 61.2 Å². The van der Waals surface area contributed by atoms with Gasteiger partial charge in [0.1, 0.15) is 0 Å². The van der Waals surface area contributed by atoms with Gasteiger partial charge in [0.05, 0.1) is 32.1 Å². The molecule has 0 aliphatic carbocycles. The Bertz CT molecular complexity index is 2440. The van der Waals surface area contributed by atoms with Gasteiger partial charge < -0.3 is 10.6 Å². The average molecular weight is 711 g/mol. The van der Waals surface area contributed by atoms with E-state index >= 15 is 0 Å². The first-order valence-electron chi connectivity index (χ1n) is 17.1. The van der Waals surface area contributed by atoms with E-state index in [4.69, 9.17) is 0 Å². The summed E-state index contributed by atoms with van der Waals surface area (Å²) in [5.41, 5.74) is 0.858. The van der Waals surface area contributed by atoms with Crippen molar-refractivity contribution in [3.8, 4) is 0 Å². The number of hydrogen-bond donors (Lipinski definition) is 2. The van der Waals surface area contributed by atoms with Crippen LogP contribution in [0.3, 0.4) is 0 Å². The second-order valence-electron chi connectivity index (χ2n) is 13.0. The zero-order chi connectivity index (χ0) is 37.0. The summed E-state index contributed by atoms with van der Waals surface area (Å²) >= 11 is 0. The first-order valence-corrected chi connectivity index (χ1v) is 17.1. The van der Waals surface area contributed by atoms with E-state index in [9.17, 15) is 39.4 Å². The molecule has 2 N–H and O–H groups in total. The lowest BCUT2D eigenvalue weighted by Crippen LogP contribution is -2.38. The Morgan fingerprint density at radius 3 is 1.28 bits per heavy atom. The van der Waals surface area contributed by atoms with Gasteiger partial charge in [-0.05, 0) is 76.1 Å². The fraction of sp³-hybridized carbons (Fsp3) is 0.179. The summed E-state index contributed by atoms with van der Waals surface area (Å²) in [5, 5.41) is 34.4. The van der Waals surface area contributed by atoms with Crippen LogP contribution in [0.25, 0.3) is 43.1 Å². The number of hydrogen-bond acceptors (Lipinski definition) is 10. The summed E-state index contributed by atoms with van der Waals surface area (Å²) in [6.45, 7) is 2.15. The van der Waals surface area contributed by atoms with Gasteiger partial charge in [0.2, 0.25) is 0 Å². The number of nitro benzene ring substituents is 2. The second-order valence-corrected chi connectivity index (χ2v) is 13.0. The third-order valence-corrected chi connectivity index (χ3v) is 9.99. The van der Waals surface area contributed by atoms with Gasteiger partial charge in [-0.15, -0.1) is 0 Å². The minimum Gasteiger partial charge on any atom is -0.315 e. The first-order chi connectivity index (χ1) is 25.6. The van der Waals surface area contributed by atoms with Crippen molar-refractivity contribution in [3.05, 3.63) is 127 Å². The van der Waals surface area contributed by atoms with Crippen molar-refractivity contribution in [1.82, 2.24) is 20.4 Å². The van der Waals surface area contributed by atoms with E-state index in [-0.39, 0.29) is 46.7 Å². The number of rotatable bonds is 12. The maximum atomic E-state index is 13.6. The molecule has 0 spiro atoms. The van der Waals surface area contributed by atoms with Gasteiger partial charge in [-0.25, -0.2) is 0 Å². The highest BCUT2D eigenvalue weighted by Crippen LogP contribution is 2.38. The number of nitrogens with one attached hydrogen (secondary N) is 2. The summed E-state index contributed by atoms with van der Waals surface area (Å²) in [6.07, 6.45) is 0.690. The predicted molar refractivity (Wildman–Crippen MR) is 197 cm³/mol. The number of carbonyl (C=O) groups is 4. The molecule has 0 bridgehead atoms. The molecule has 0 saturated carbocycles. The molecule has 0 unspecified atom stereocenters. The van der Waals surface area contributed by atoms with Gasteiger partial charge in [0.25, 0.3) is 35.0 Å². The molecule has 2 heterocycles. The van der Waals surface area contributed by atoms with Crippen LogP contribution in [0.15, 0.2) is 84.9 Å². The van der Waals surface area contributed by atoms with Crippen molar-refractivity contribution >= 4 is 78.1 Å². The van der Waals surface area contributed by atoms with Crippen molar-refractivity contribution in [2.75, 3.05) is 39.3 Å². The average Bonchev–Trinajstić information content (AvgIpc) is 3.56. The van der Waals surface area contributed by atoms with Crippen LogP contribution >= 0.6 is 0 Å². The number of fused-ring (bicyclic) bond motifs is 10. The monoisotopic (exact) mass is 710 g/mol. The number of benzene rings is 6. The molecular formula is C39H30N6O8. The number of non-ortho nitro benzene ring substituents is 2. The summed E-state index contributed by atoms with van der Waals surface area (Å²) in [6, 6.07) is 23.1. The summed E-state index contributed by atoms with van der Waals surface area (Å²) in [7, 11) is 0. The molecule has 14 heteroatoms. The fourth-order valence-electron chi connectivity index (χ4n) is 7.42. The first kappa shape index (κ1) is 33.5. The third-order valence-electron chi connectivity index (χ3n) is 9.99. The van der Waals surface area contributed by atoms with Gasteiger partial charge in [-0.2, -0.15) is 0 Å². The molecule has 14 nitrogen and oxygen atoms in total. The molecule has 2 aliphatic heterocycles. The van der Waals surface area contributed by atoms with Crippen LogP contribution < -0.4 is 10.6 Å². The largest absolute Gasteiger partial charge is 0.315 e. The topological polar surface area (TPSA) is 185 Å². The zero-order valence-electron chi connectivity index (χ0n) is 28.1. The summed E-state index contributed by atoms with van der Waals surface area (Å²) in [5.74, 6) is -1.69. The minimum atomic E-state index is -0.487. The van der Waals surface area contributed by atoms with Crippen molar-refractivity contribution in [3.63, 3.8) is 0 Å². The second kappa shape index (κ2) is 13.2. The lowest BCUT2D eigenvalue weighted by molar-refractivity contribution is -0.384. The number of nitro groups is 2. The minimum absolute atomic E-state index is 0.0994. The third kappa shape index (κ3) is 5.60. The molecule has 4 amide bonds. The Labute approximate surface area is 300 Å². The zero-order valence-corrected chi connectivity index (χ0v) is 28.1. The fourth-order valence-corrected chi connectivity index (χ4v) is 7.42. The number of amides is 4. The van der Waals surface area contributed by atoms with Gasteiger partial charge in [-0.1, -0.05) is 36.4 Å². The Morgan fingerprint density at radius 1 is 0.491 bits per heavy atom. The van der Waals surface area contributed by atoms with E-state index in [1.807, 2.05) is 24.3 Å². The highest BCUT2D eigenvalue weighted by atomic mass is 16.6. The Hall–Kier alpha value is -6.64. The van der Waals surface area contributed by atoms with Crippen LogP contribution in [-0.2, 0) is 0 Å². The molecule has 0 fully saturated rings. The van der Waals surface area contributed by atoms with E-state index in [2.05, 4.69) is 10.6 Å². The lowest BCUT2D eigenvalue weighted by Gasteiger charge is -2.15. The van der Waals surface area contributed by atoms with Crippen LogP contribution in [0, 0.1) is 20.2 Å². The van der Waals surface area contributed by atoms with Crippen LogP contribution in [0.5, 0.6) is 0 Å². The highest BCUT2D eigenvalue weighted by molar-refractivity contribution is 6.31. The van der Waals surface area contributed by atoms with Crippen LogP contribution in [0.1, 0.15) is 47.9 Å². The highest BCUT2D eigenvalue weighted by Gasteiger charge is 2.38. The normalized spacial score (nSPS) is 14.0. The van der Waals surface area contributed by atoms with Crippen molar-refractivity contribution in [1.29, 1.82) is 0 Å². The Balaban J connectivity index is 0.845. The van der Waals surface area contributed by atoms with Crippen molar-refractivity contribution in [2.45, 2.75) is 6.42 Å². The molecule has 0 radical (unpaired) electrons. The molecule has 8 rings (SSSR count). The lowest BCUT2D eigenvalue weighted by atomic mass is 9.95. The standard InChI is InChI=1S/C39H30N6O8/c46-36-28-12-8-24-4-2-22-6-10-26(44(50)51)20-30(22)32(24)34(28)38(48)42(36)18-16-40-14-1-15-41-17-19-43-37(47)29-13-9-25-5-3-23-7-11-27(45(52)53)21-31(23)33(25)35(29)39(43)49/h2-13,20-21,40-41H,1,14-19H2. The smallest absolute Gasteiger partial charge is 0.270 e. The molecule has 6 aromatic carbocycles. The van der Waals surface area contributed by atoms with Gasteiger partial charge >= 0.3 is 0 Å². The van der Waals surface area contributed by atoms with E-state index < -0.39 is 33.5 Å². The molecule has 2 aliphatic rings. The number of carbonyl (C=O) groups excluding carboxylic acids is 4. The molecule has 0 saturated heterocycles. The number of nitrogens with zero attached hydrogens (tertiary/aromatic N) is 4. The molecule has 0 aromatic heterocycles. The Kier molecular flexibility index (Phi) is 8.32. The molecule has 0 atom stereocenters. The van der Waals surface area contributed by atoms with Crippen LogP contribution in [0.4, 0.5) is 11.4 Å². The van der Waals surface area contributed by atoms with Gasteiger partial charge in [-0.3, -0.25) is 49.2 Å². The van der Waals surface area contributed by atoms with Gasteiger partial charge in [0.15, 0.2) is 0 Å². The SMILES string of the molecule is O=C1c2ccc3ccc4ccc([N+](=O)[O-])cc4c3c2C(=O)N1CCNCCCNCCN1C(=O)c2ccc3ccc4ccc([N+](=O)[O-])cc4c3c2C1=O. The maximum Gasteiger partial charge on any atom is 0.270 e. The summed E-state index contributed by atoms with van der Waals surface area (Å²) in [4.78, 5) is 78.0. The van der Waals surface area contributed by atoms with Crippen LogP contribution in [-0.4, -0.2) is 82.5 Å². The molecular weight excluding hydrogens is 680 g/mol. The maximum absolute atomic E-state index is 13.6. The molecule has 6 aromatic rings. The van der Waals surface area contributed by atoms with Crippen LogP contribution in [0.2, 0.25) is 0 Å². The molecule has 264 valence electrons.